The van der Waals surface area contributed by atoms with Crippen LogP contribution in [0.3, 0.4) is 0 Å². The molecular formula is C21H27NO4. The Morgan fingerprint density at radius 3 is 2.31 bits per heavy atom. The fourth-order valence-electron chi connectivity index (χ4n) is 3.08. The summed E-state index contributed by atoms with van der Waals surface area (Å²) in [6.07, 6.45) is 0.862. The second-order valence-corrected chi connectivity index (χ2v) is 6.30. The standard InChI is InChI=1S/C21H27NO4/c1-23-18-6-8-19(9-7-18)26-21(10-11-22-12-14-25-15-13-22)17-4-3-5-20(16-17)24-2/h3-9,16,21H,10-15H2,1-2H3. The summed E-state index contributed by atoms with van der Waals surface area (Å²) in [6, 6.07) is 15.8. The normalized spacial score (nSPS) is 16.1. The van der Waals surface area contributed by atoms with E-state index in [-0.39, 0.29) is 6.10 Å². The Morgan fingerprint density at radius 1 is 0.923 bits per heavy atom. The number of ether oxygens (including phenoxy) is 4. The van der Waals surface area contributed by atoms with E-state index in [1.807, 2.05) is 42.5 Å². The van der Waals surface area contributed by atoms with Crippen molar-refractivity contribution in [3.8, 4) is 17.2 Å². The number of nitrogens with zero attached hydrogens (tertiary/aromatic N) is 1. The van der Waals surface area contributed by atoms with Crippen molar-refractivity contribution in [2.24, 2.45) is 0 Å². The molecule has 0 radical (unpaired) electrons. The van der Waals surface area contributed by atoms with Gasteiger partial charge in [0.25, 0.3) is 0 Å². The zero-order chi connectivity index (χ0) is 18.2. The predicted octanol–water partition coefficient (Wildman–Crippen LogP) is 3.55. The zero-order valence-corrected chi connectivity index (χ0v) is 15.5. The number of benzene rings is 2. The molecule has 2 aromatic rings. The molecule has 1 heterocycles. The monoisotopic (exact) mass is 357 g/mol. The van der Waals surface area contributed by atoms with Gasteiger partial charge in [-0.1, -0.05) is 12.1 Å². The molecule has 1 fully saturated rings. The first-order chi connectivity index (χ1) is 12.8. The lowest BCUT2D eigenvalue weighted by atomic mass is 10.1. The molecule has 2 aromatic carbocycles. The van der Waals surface area contributed by atoms with Crippen molar-refractivity contribution in [2.45, 2.75) is 12.5 Å². The van der Waals surface area contributed by atoms with E-state index in [2.05, 4.69) is 11.0 Å². The number of methoxy groups -OCH3 is 2. The molecule has 0 bridgehead atoms. The van der Waals surface area contributed by atoms with Crippen molar-refractivity contribution in [3.63, 3.8) is 0 Å². The molecule has 1 atom stereocenters. The van der Waals surface area contributed by atoms with Gasteiger partial charge in [-0.15, -0.1) is 0 Å². The third kappa shape index (κ3) is 5.13. The van der Waals surface area contributed by atoms with Gasteiger partial charge in [0.2, 0.25) is 0 Å². The molecule has 0 amide bonds. The number of morpholine rings is 1. The molecule has 0 N–H and O–H groups in total. The summed E-state index contributed by atoms with van der Waals surface area (Å²) in [4.78, 5) is 2.42. The average Bonchev–Trinajstić information content (AvgIpc) is 2.72. The van der Waals surface area contributed by atoms with Gasteiger partial charge in [-0.25, -0.2) is 0 Å². The minimum Gasteiger partial charge on any atom is -0.497 e. The van der Waals surface area contributed by atoms with E-state index in [9.17, 15) is 0 Å². The van der Waals surface area contributed by atoms with Crippen molar-refractivity contribution in [2.75, 3.05) is 47.1 Å². The molecule has 5 heteroatoms. The van der Waals surface area contributed by atoms with Crippen molar-refractivity contribution < 1.29 is 18.9 Å². The van der Waals surface area contributed by atoms with Crippen LogP contribution in [0.1, 0.15) is 18.1 Å². The van der Waals surface area contributed by atoms with E-state index in [0.717, 1.165) is 62.1 Å². The molecule has 0 aliphatic carbocycles. The summed E-state index contributed by atoms with van der Waals surface area (Å²) in [5.74, 6) is 2.50. The Balaban J connectivity index is 1.72. The Hall–Kier alpha value is -2.24. The Labute approximate surface area is 155 Å². The van der Waals surface area contributed by atoms with E-state index >= 15 is 0 Å². The molecule has 0 spiro atoms. The van der Waals surface area contributed by atoms with Gasteiger partial charge < -0.3 is 18.9 Å². The largest absolute Gasteiger partial charge is 0.497 e. The molecular weight excluding hydrogens is 330 g/mol. The summed E-state index contributed by atoms with van der Waals surface area (Å²) in [5, 5.41) is 0. The maximum atomic E-state index is 6.32. The lowest BCUT2D eigenvalue weighted by Crippen LogP contribution is -2.37. The minimum atomic E-state index is -0.0404. The maximum absolute atomic E-state index is 6.32. The molecule has 0 aromatic heterocycles. The van der Waals surface area contributed by atoms with Gasteiger partial charge in [0.1, 0.15) is 23.4 Å². The van der Waals surface area contributed by atoms with Gasteiger partial charge in [0.15, 0.2) is 0 Å². The van der Waals surface area contributed by atoms with Gasteiger partial charge >= 0.3 is 0 Å². The highest BCUT2D eigenvalue weighted by Crippen LogP contribution is 2.28. The van der Waals surface area contributed by atoms with Crippen LogP contribution in [0.5, 0.6) is 17.2 Å². The summed E-state index contributed by atoms with van der Waals surface area (Å²) >= 11 is 0. The summed E-state index contributed by atoms with van der Waals surface area (Å²) < 4.78 is 22.4. The first kappa shape index (κ1) is 18.5. The van der Waals surface area contributed by atoms with Crippen LogP contribution in [0, 0.1) is 0 Å². The highest BCUT2D eigenvalue weighted by Gasteiger charge is 2.18. The minimum absolute atomic E-state index is 0.0404. The van der Waals surface area contributed by atoms with Gasteiger partial charge in [0, 0.05) is 26.1 Å². The fourth-order valence-corrected chi connectivity index (χ4v) is 3.08. The highest BCUT2D eigenvalue weighted by atomic mass is 16.5. The van der Waals surface area contributed by atoms with Crippen molar-refractivity contribution in [1.82, 2.24) is 4.90 Å². The van der Waals surface area contributed by atoms with Crippen LogP contribution in [0.15, 0.2) is 48.5 Å². The van der Waals surface area contributed by atoms with E-state index in [4.69, 9.17) is 18.9 Å². The quantitative estimate of drug-likeness (QED) is 0.723. The molecule has 1 aliphatic rings. The SMILES string of the molecule is COc1ccc(OC(CCN2CCOCC2)c2cccc(OC)c2)cc1. The Bertz CT molecular complexity index is 668. The van der Waals surface area contributed by atoms with E-state index in [1.54, 1.807) is 14.2 Å². The lowest BCUT2D eigenvalue weighted by molar-refractivity contribution is 0.0317. The third-order valence-electron chi connectivity index (χ3n) is 4.61. The first-order valence-corrected chi connectivity index (χ1v) is 9.03. The predicted molar refractivity (Wildman–Crippen MR) is 101 cm³/mol. The van der Waals surface area contributed by atoms with Crippen molar-refractivity contribution >= 4 is 0 Å². The van der Waals surface area contributed by atoms with Crippen LogP contribution >= 0.6 is 0 Å². The van der Waals surface area contributed by atoms with Crippen LogP contribution < -0.4 is 14.2 Å². The summed E-state index contributed by atoms with van der Waals surface area (Å²) in [6.45, 7) is 4.55. The number of rotatable bonds is 8. The smallest absolute Gasteiger partial charge is 0.125 e. The van der Waals surface area contributed by atoms with Crippen LogP contribution in [0.2, 0.25) is 0 Å². The molecule has 140 valence electrons. The maximum Gasteiger partial charge on any atom is 0.125 e. The van der Waals surface area contributed by atoms with Crippen LogP contribution in [0.25, 0.3) is 0 Å². The summed E-state index contributed by atoms with van der Waals surface area (Å²) in [7, 11) is 3.35. The fraction of sp³-hybridized carbons (Fsp3) is 0.429. The first-order valence-electron chi connectivity index (χ1n) is 9.03. The van der Waals surface area contributed by atoms with Crippen LogP contribution in [0.4, 0.5) is 0 Å². The van der Waals surface area contributed by atoms with Crippen LogP contribution in [-0.4, -0.2) is 52.0 Å². The molecule has 26 heavy (non-hydrogen) atoms. The molecule has 1 unspecified atom stereocenters. The number of hydrogen-bond donors (Lipinski definition) is 0. The average molecular weight is 357 g/mol. The zero-order valence-electron chi connectivity index (χ0n) is 15.5. The Kier molecular flexibility index (Phi) is 6.75. The van der Waals surface area contributed by atoms with Crippen LogP contribution in [-0.2, 0) is 4.74 Å². The number of hydrogen-bond acceptors (Lipinski definition) is 5. The lowest BCUT2D eigenvalue weighted by Gasteiger charge is -2.29. The molecule has 5 nitrogen and oxygen atoms in total. The topological polar surface area (TPSA) is 40.2 Å². The van der Waals surface area contributed by atoms with Gasteiger partial charge in [-0.3, -0.25) is 4.90 Å². The summed E-state index contributed by atoms with van der Waals surface area (Å²) in [5.41, 5.74) is 1.12. The van der Waals surface area contributed by atoms with E-state index in [1.165, 1.54) is 0 Å². The molecule has 3 rings (SSSR count). The van der Waals surface area contributed by atoms with Gasteiger partial charge in [-0.2, -0.15) is 0 Å². The van der Waals surface area contributed by atoms with Gasteiger partial charge in [0.05, 0.1) is 27.4 Å². The van der Waals surface area contributed by atoms with Gasteiger partial charge in [-0.05, 0) is 42.0 Å². The van der Waals surface area contributed by atoms with E-state index in [0.29, 0.717) is 0 Å². The Morgan fingerprint density at radius 2 is 1.62 bits per heavy atom. The molecule has 1 aliphatic heterocycles. The van der Waals surface area contributed by atoms with Crippen molar-refractivity contribution in [1.29, 1.82) is 0 Å². The highest BCUT2D eigenvalue weighted by molar-refractivity contribution is 5.33. The second-order valence-electron chi connectivity index (χ2n) is 6.30. The molecule has 1 saturated heterocycles. The second kappa shape index (κ2) is 9.46. The van der Waals surface area contributed by atoms with Crippen molar-refractivity contribution in [3.05, 3.63) is 54.1 Å². The van der Waals surface area contributed by atoms with E-state index < -0.39 is 0 Å². The molecule has 0 saturated carbocycles. The third-order valence-corrected chi connectivity index (χ3v) is 4.61.